The van der Waals surface area contributed by atoms with Crippen molar-refractivity contribution < 1.29 is 4.79 Å². The average molecular weight is 328 g/mol. The Morgan fingerprint density at radius 2 is 2.21 bits per heavy atom. The average Bonchev–Trinajstić information content (AvgIpc) is 3.08. The first-order chi connectivity index (χ1) is 11.6. The summed E-state index contributed by atoms with van der Waals surface area (Å²) in [6, 6.07) is 1.88. The van der Waals surface area contributed by atoms with Crippen molar-refractivity contribution in [3.8, 4) is 6.07 Å². The summed E-state index contributed by atoms with van der Waals surface area (Å²) in [6.45, 7) is 7.74. The molecule has 0 radical (unpaired) electrons. The van der Waals surface area contributed by atoms with Crippen LogP contribution in [0.15, 0.2) is 30.0 Å². The second-order valence-electron chi connectivity index (χ2n) is 5.80. The fourth-order valence-corrected chi connectivity index (χ4v) is 2.45. The Labute approximate surface area is 142 Å². The van der Waals surface area contributed by atoms with Crippen molar-refractivity contribution in [2.75, 3.05) is 46.3 Å². The third-order valence-corrected chi connectivity index (χ3v) is 3.99. The van der Waals surface area contributed by atoms with Crippen LogP contribution < -0.4 is 5.32 Å². The number of nitrogens with one attached hydrogen (secondary N) is 2. The van der Waals surface area contributed by atoms with Crippen LogP contribution in [-0.2, 0) is 0 Å². The Morgan fingerprint density at radius 1 is 1.46 bits per heavy atom. The number of carbonyl (C=O) groups is 1. The van der Waals surface area contributed by atoms with E-state index in [-0.39, 0.29) is 17.4 Å². The lowest BCUT2D eigenvalue weighted by atomic mass is 10.2. The second-order valence-corrected chi connectivity index (χ2v) is 5.80. The fourth-order valence-electron chi connectivity index (χ4n) is 2.45. The number of rotatable bonds is 6. The number of nitrogens with zero attached hydrogens (tertiary/aromatic N) is 4. The van der Waals surface area contributed by atoms with Crippen LogP contribution in [0, 0.1) is 11.3 Å². The quantitative estimate of drug-likeness (QED) is 0.753. The molecule has 2 rings (SSSR count). The van der Waals surface area contributed by atoms with Crippen molar-refractivity contribution in [2.45, 2.75) is 6.92 Å². The molecule has 0 atom stereocenters. The molecule has 7 heteroatoms. The molecule has 0 unspecified atom stereocenters. The second kappa shape index (κ2) is 9.01. The topological polar surface area (TPSA) is 88.0 Å². The maximum Gasteiger partial charge on any atom is 0.287 e. The number of allylic oxidation sites excluding steroid dienone is 1. The zero-order valence-electron chi connectivity index (χ0n) is 14.2. The van der Waals surface area contributed by atoms with Gasteiger partial charge in [-0.15, -0.1) is 0 Å². The molecule has 1 aromatic rings. The van der Waals surface area contributed by atoms with Gasteiger partial charge in [0, 0.05) is 45.5 Å². The van der Waals surface area contributed by atoms with E-state index in [0.717, 1.165) is 32.7 Å². The van der Waals surface area contributed by atoms with Crippen LogP contribution in [0.1, 0.15) is 23.2 Å². The first-order valence-corrected chi connectivity index (χ1v) is 8.08. The van der Waals surface area contributed by atoms with Crippen LogP contribution in [0.5, 0.6) is 0 Å². The Morgan fingerprint density at radius 3 is 2.83 bits per heavy atom. The Bertz CT molecular complexity index is 646. The molecular formula is C17H24N6O. The lowest BCUT2D eigenvalue weighted by Gasteiger charge is -2.32. The van der Waals surface area contributed by atoms with E-state index in [4.69, 9.17) is 5.26 Å². The Kier molecular flexibility index (Phi) is 6.73. The number of hydrogen-bond acceptors (Lipinski definition) is 5. The summed E-state index contributed by atoms with van der Waals surface area (Å²) in [5, 5.41) is 11.4. The minimum absolute atomic E-state index is 0.156. The third-order valence-electron chi connectivity index (χ3n) is 3.99. The lowest BCUT2D eigenvalue weighted by Crippen LogP contribution is -2.44. The molecular weight excluding hydrogens is 304 g/mol. The number of nitriles is 1. The third kappa shape index (κ3) is 5.33. The van der Waals surface area contributed by atoms with Gasteiger partial charge in [0.15, 0.2) is 11.5 Å². The number of carbonyl (C=O) groups excluding carboxylic acids is 1. The maximum absolute atomic E-state index is 11.9. The van der Waals surface area contributed by atoms with Crippen LogP contribution >= 0.6 is 0 Å². The monoisotopic (exact) mass is 328 g/mol. The number of amides is 1. The number of piperazine rings is 1. The highest BCUT2D eigenvalue weighted by Crippen LogP contribution is 2.05. The van der Waals surface area contributed by atoms with E-state index in [9.17, 15) is 4.79 Å². The molecule has 2 N–H and O–H groups in total. The van der Waals surface area contributed by atoms with Gasteiger partial charge in [0.2, 0.25) is 0 Å². The van der Waals surface area contributed by atoms with Gasteiger partial charge in [-0.05, 0) is 19.5 Å². The normalized spacial score (nSPS) is 17.1. The van der Waals surface area contributed by atoms with Crippen LogP contribution in [-0.4, -0.2) is 72.0 Å². The zero-order valence-corrected chi connectivity index (χ0v) is 14.2. The highest BCUT2D eigenvalue weighted by atomic mass is 16.2. The highest BCUT2D eigenvalue weighted by Gasteiger charge is 2.13. The van der Waals surface area contributed by atoms with Gasteiger partial charge >= 0.3 is 0 Å². The lowest BCUT2D eigenvalue weighted by molar-refractivity contribution is 0.0948. The zero-order chi connectivity index (χ0) is 17.4. The summed E-state index contributed by atoms with van der Waals surface area (Å²) in [7, 11) is 2.15. The van der Waals surface area contributed by atoms with Crippen LogP contribution in [0.3, 0.4) is 0 Å². The van der Waals surface area contributed by atoms with E-state index in [2.05, 4.69) is 38.2 Å². The molecule has 0 aliphatic carbocycles. The van der Waals surface area contributed by atoms with Gasteiger partial charge in [0.1, 0.15) is 6.07 Å². The number of hydrogen-bond donors (Lipinski definition) is 2. The summed E-state index contributed by atoms with van der Waals surface area (Å²) in [5.41, 5.74) is 1.44. The molecule has 2 heterocycles. The van der Waals surface area contributed by atoms with Gasteiger partial charge in [-0.2, -0.15) is 5.26 Å². The molecule has 1 aliphatic heterocycles. The first-order valence-electron chi connectivity index (χ1n) is 8.08. The van der Waals surface area contributed by atoms with Gasteiger partial charge in [-0.25, -0.2) is 4.98 Å². The molecule has 0 bridgehead atoms. The summed E-state index contributed by atoms with van der Waals surface area (Å²) in [6.07, 6.45) is 7.49. The van der Waals surface area contributed by atoms with E-state index in [1.807, 2.05) is 25.1 Å². The van der Waals surface area contributed by atoms with Crippen molar-refractivity contribution >= 4 is 5.91 Å². The molecule has 1 saturated heterocycles. The standard InChI is InChI=1S/C17H24N6O/c1-3-14(13-23-9-7-22(2)8-10-23)5-4-6-19-17(24)16-20-12-15(11-18)21-16/h3-5,12H,6-10,13H2,1-2H3,(H,19,24)(H,20,21)/b5-4-,14-3+. The molecule has 24 heavy (non-hydrogen) atoms. The molecule has 1 aromatic heterocycles. The molecule has 0 aromatic carbocycles. The van der Waals surface area contributed by atoms with Crippen LogP contribution in [0.2, 0.25) is 0 Å². The number of imidazole rings is 1. The maximum atomic E-state index is 11.9. The molecule has 0 saturated carbocycles. The molecule has 0 spiro atoms. The summed E-state index contributed by atoms with van der Waals surface area (Å²) in [5.74, 6) is -0.161. The fraction of sp³-hybridized carbons (Fsp3) is 0.471. The first kappa shape index (κ1) is 17.9. The predicted molar refractivity (Wildman–Crippen MR) is 92.5 cm³/mol. The van der Waals surface area contributed by atoms with Crippen LogP contribution in [0.4, 0.5) is 0 Å². The van der Waals surface area contributed by atoms with Gasteiger partial charge in [0.05, 0.1) is 0 Å². The summed E-state index contributed by atoms with van der Waals surface area (Å²) < 4.78 is 0. The van der Waals surface area contributed by atoms with Gasteiger partial charge in [-0.3, -0.25) is 9.69 Å². The molecule has 7 nitrogen and oxygen atoms in total. The van der Waals surface area contributed by atoms with Crippen molar-refractivity contribution in [1.29, 1.82) is 5.26 Å². The predicted octanol–water partition coefficient (Wildman–Crippen LogP) is 0.761. The minimum Gasteiger partial charge on any atom is -0.346 e. The minimum atomic E-state index is -0.317. The Hall–Kier alpha value is -2.43. The number of aromatic nitrogens is 2. The van der Waals surface area contributed by atoms with Gasteiger partial charge in [0.25, 0.3) is 5.91 Å². The van der Waals surface area contributed by atoms with Crippen molar-refractivity contribution in [2.24, 2.45) is 0 Å². The smallest absolute Gasteiger partial charge is 0.287 e. The van der Waals surface area contributed by atoms with Crippen LogP contribution in [0.25, 0.3) is 0 Å². The van der Waals surface area contributed by atoms with Crippen molar-refractivity contribution in [3.05, 3.63) is 41.5 Å². The van der Waals surface area contributed by atoms with Crippen molar-refractivity contribution in [1.82, 2.24) is 25.1 Å². The van der Waals surface area contributed by atoms with E-state index in [1.54, 1.807) is 0 Å². The number of H-pyrrole nitrogens is 1. The highest BCUT2D eigenvalue weighted by molar-refractivity contribution is 5.90. The molecule has 1 amide bonds. The van der Waals surface area contributed by atoms with Crippen molar-refractivity contribution in [3.63, 3.8) is 0 Å². The molecule has 1 fully saturated rings. The largest absolute Gasteiger partial charge is 0.346 e. The van der Waals surface area contributed by atoms with Gasteiger partial charge < -0.3 is 15.2 Å². The summed E-state index contributed by atoms with van der Waals surface area (Å²) >= 11 is 0. The SMILES string of the molecule is C/C=C(\C=C/CNC(=O)c1nc(C#N)c[nH]1)CN1CCN(C)CC1. The van der Waals surface area contributed by atoms with Gasteiger partial charge in [-0.1, -0.05) is 18.2 Å². The number of likely N-dealkylation sites (N-methyl/N-ethyl adjacent to an activating group) is 1. The molecule has 128 valence electrons. The number of aromatic amines is 1. The summed E-state index contributed by atoms with van der Waals surface area (Å²) in [4.78, 5) is 23.2. The van der Waals surface area contributed by atoms with E-state index in [1.165, 1.54) is 11.8 Å². The molecule has 1 aliphatic rings. The van der Waals surface area contributed by atoms with E-state index >= 15 is 0 Å². The van der Waals surface area contributed by atoms with E-state index < -0.39 is 0 Å². The van der Waals surface area contributed by atoms with E-state index in [0.29, 0.717) is 6.54 Å². The Balaban J connectivity index is 1.75.